The lowest BCUT2D eigenvalue weighted by Gasteiger charge is -2.10. The van der Waals surface area contributed by atoms with Crippen molar-refractivity contribution in [2.24, 2.45) is 5.92 Å². The van der Waals surface area contributed by atoms with E-state index in [1.807, 2.05) is 6.92 Å². The zero-order valence-corrected chi connectivity index (χ0v) is 8.08. The van der Waals surface area contributed by atoms with Gasteiger partial charge in [-0.1, -0.05) is 13.3 Å². The lowest BCUT2D eigenvalue weighted by atomic mass is 10.0. The molecule has 0 saturated carbocycles. The molecule has 0 fully saturated rings. The van der Waals surface area contributed by atoms with E-state index in [-0.39, 0.29) is 18.5 Å². The number of aliphatic carboxylic acids is 1. The molecule has 4 heteroatoms. The van der Waals surface area contributed by atoms with Crippen molar-refractivity contribution in [3.05, 3.63) is 0 Å². The molecule has 0 saturated heterocycles. The standard InChI is InChI=1S/C9H16O4/c1-3-4-8(9(11)12)5-6-13-7(2)10/h8H,3-6H2,1-2H3,(H,11,12). The van der Waals surface area contributed by atoms with Crippen LogP contribution < -0.4 is 0 Å². The SMILES string of the molecule is CCCC(CCOC(C)=O)C(=O)O. The predicted octanol–water partition coefficient (Wildman–Crippen LogP) is 1.44. The van der Waals surface area contributed by atoms with E-state index in [9.17, 15) is 9.59 Å². The third kappa shape index (κ3) is 6.13. The van der Waals surface area contributed by atoms with Gasteiger partial charge in [-0.25, -0.2) is 0 Å². The van der Waals surface area contributed by atoms with Crippen molar-refractivity contribution in [1.29, 1.82) is 0 Å². The summed E-state index contributed by atoms with van der Waals surface area (Å²) >= 11 is 0. The smallest absolute Gasteiger partial charge is 0.306 e. The van der Waals surface area contributed by atoms with Gasteiger partial charge < -0.3 is 9.84 Å². The molecule has 0 aromatic heterocycles. The summed E-state index contributed by atoms with van der Waals surface area (Å²) in [6, 6.07) is 0. The average molecular weight is 188 g/mol. The summed E-state index contributed by atoms with van der Waals surface area (Å²) in [7, 11) is 0. The molecule has 13 heavy (non-hydrogen) atoms. The van der Waals surface area contributed by atoms with Gasteiger partial charge in [0, 0.05) is 6.92 Å². The summed E-state index contributed by atoms with van der Waals surface area (Å²) in [5.74, 6) is -1.56. The van der Waals surface area contributed by atoms with Crippen molar-refractivity contribution in [3.8, 4) is 0 Å². The van der Waals surface area contributed by atoms with Crippen LogP contribution in [-0.4, -0.2) is 23.7 Å². The van der Waals surface area contributed by atoms with Crippen LogP contribution in [0.25, 0.3) is 0 Å². The Kier molecular flexibility index (Phi) is 5.93. The van der Waals surface area contributed by atoms with E-state index in [0.717, 1.165) is 6.42 Å². The first kappa shape index (κ1) is 11.9. The molecular weight excluding hydrogens is 172 g/mol. The zero-order valence-electron chi connectivity index (χ0n) is 8.08. The number of carboxylic acids is 1. The second-order valence-corrected chi connectivity index (χ2v) is 2.95. The Morgan fingerprint density at radius 1 is 1.38 bits per heavy atom. The second kappa shape index (κ2) is 6.46. The van der Waals surface area contributed by atoms with E-state index >= 15 is 0 Å². The van der Waals surface area contributed by atoms with Crippen molar-refractivity contribution in [1.82, 2.24) is 0 Å². The molecule has 0 radical (unpaired) electrons. The molecule has 0 spiro atoms. The van der Waals surface area contributed by atoms with Gasteiger partial charge in [0.25, 0.3) is 0 Å². The monoisotopic (exact) mass is 188 g/mol. The lowest BCUT2D eigenvalue weighted by Crippen LogP contribution is -2.16. The van der Waals surface area contributed by atoms with Crippen LogP contribution in [0.15, 0.2) is 0 Å². The van der Waals surface area contributed by atoms with Crippen molar-refractivity contribution < 1.29 is 19.4 Å². The van der Waals surface area contributed by atoms with E-state index in [0.29, 0.717) is 12.8 Å². The number of esters is 1. The molecule has 0 aliphatic carbocycles. The first-order chi connectivity index (χ1) is 6.07. The highest BCUT2D eigenvalue weighted by molar-refractivity contribution is 5.70. The van der Waals surface area contributed by atoms with Crippen LogP contribution in [0.3, 0.4) is 0 Å². The fourth-order valence-electron chi connectivity index (χ4n) is 1.08. The number of carboxylic acid groups (broad SMARTS) is 1. The molecule has 1 unspecified atom stereocenters. The number of carbonyl (C=O) groups is 2. The lowest BCUT2D eigenvalue weighted by molar-refractivity contribution is -0.146. The maximum Gasteiger partial charge on any atom is 0.306 e. The highest BCUT2D eigenvalue weighted by atomic mass is 16.5. The van der Waals surface area contributed by atoms with Gasteiger partial charge in [0.05, 0.1) is 12.5 Å². The third-order valence-corrected chi connectivity index (χ3v) is 1.76. The summed E-state index contributed by atoms with van der Waals surface area (Å²) in [5, 5.41) is 8.73. The summed E-state index contributed by atoms with van der Waals surface area (Å²) in [4.78, 5) is 21.0. The minimum atomic E-state index is -0.811. The van der Waals surface area contributed by atoms with E-state index in [4.69, 9.17) is 5.11 Å². The molecule has 0 aromatic rings. The van der Waals surface area contributed by atoms with Crippen molar-refractivity contribution >= 4 is 11.9 Å². The fourth-order valence-corrected chi connectivity index (χ4v) is 1.08. The fraction of sp³-hybridized carbons (Fsp3) is 0.778. The number of carbonyl (C=O) groups excluding carboxylic acids is 1. The first-order valence-electron chi connectivity index (χ1n) is 4.44. The Labute approximate surface area is 77.9 Å². The summed E-state index contributed by atoms with van der Waals surface area (Å²) in [5.41, 5.74) is 0. The van der Waals surface area contributed by atoms with Crippen LogP contribution in [0, 0.1) is 5.92 Å². The van der Waals surface area contributed by atoms with Crippen LogP contribution in [0.5, 0.6) is 0 Å². The Hall–Kier alpha value is -1.06. The van der Waals surface area contributed by atoms with Gasteiger partial charge in [-0.2, -0.15) is 0 Å². The molecule has 0 rings (SSSR count). The van der Waals surface area contributed by atoms with Crippen molar-refractivity contribution in [2.45, 2.75) is 33.1 Å². The third-order valence-electron chi connectivity index (χ3n) is 1.76. The second-order valence-electron chi connectivity index (χ2n) is 2.95. The summed E-state index contributed by atoms with van der Waals surface area (Å²) in [6.45, 7) is 3.45. The normalized spacial score (nSPS) is 12.2. The van der Waals surface area contributed by atoms with Crippen LogP contribution in [0.2, 0.25) is 0 Å². The molecule has 0 aromatic carbocycles. The number of hydrogen-bond donors (Lipinski definition) is 1. The largest absolute Gasteiger partial charge is 0.481 e. The van der Waals surface area contributed by atoms with Crippen LogP contribution >= 0.6 is 0 Å². The quantitative estimate of drug-likeness (QED) is 0.640. The van der Waals surface area contributed by atoms with E-state index in [1.54, 1.807) is 0 Å². The minimum absolute atomic E-state index is 0.201. The molecule has 76 valence electrons. The molecular formula is C9H16O4. The summed E-state index contributed by atoms with van der Waals surface area (Å²) < 4.78 is 4.67. The Balaban J connectivity index is 3.69. The minimum Gasteiger partial charge on any atom is -0.481 e. The van der Waals surface area contributed by atoms with E-state index in [2.05, 4.69) is 4.74 Å². The molecule has 0 bridgehead atoms. The van der Waals surface area contributed by atoms with E-state index < -0.39 is 5.97 Å². The van der Waals surface area contributed by atoms with Gasteiger partial charge in [-0.15, -0.1) is 0 Å². The predicted molar refractivity (Wildman–Crippen MR) is 47.3 cm³/mol. The maximum absolute atomic E-state index is 10.6. The number of ether oxygens (including phenoxy) is 1. The van der Waals surface area contributed by atoms with Crippen LogP contribution in [0.4, 0.5) is 0 Å². The molecule has 0 aliphatic rings. The van der Waals surface area contributed by atoms with Crippen molar-refractivity contribution in [2.75, 3.05) is 6.61 Å². The van der Waals surface area contributed by atoms with Crippen LogP contribution in [-0.2, 0) is 14.3 Å². The molecule has 0 aliphatic heterocycles. The zero-order chi connectivity index (χ0) is 10.3. The Morgan fingerprint density at radius 3 is 2.38 bits per heavy atom. The first-order valence-corrected chi connectivity index (χ1v) is 4.44. The van der Waals surface area contributed by atoms with Gasteiger partial charge in [-0.05, 0) is 12.8 Å². The topological polar surface area (TPSA) is 63.6 Å². The number of rotatable bonds is 6. The maximum atomic E-state index is 10.6. The summed E-state index contributed by atoms with van der Waals surface area (Å²) in [6.07, 6.45) is 1.87. The number of hydrogen-bond acceptors (Lipinski definition) is 3. The van der Waals surface area contributed by atoms with Gasteiger partial charge in [0.1, 0.15) is 0 Å². The average Bonchev–Trinajstić information content (AvgIpc) is 2.02. The van der Waals surface area contributed by atoms with Gasteiger partial charge in [-0.3, -0.25) is 9.59 Å². The molecule has 0 heterocycles. The molecule has 0 amide bonds. The Morgan fingerprint density at radius 2 is 2.00 bits per heavy atom. The Bertz CT molecular complexity index is 176. The van der Waals surface area contributed by atoms with Gasteiger partial charge >= 0.3 is 11.9 Å². The highest BCUT2D eigenvalue weighted by Crippen LogP contribution is 2.11. The van der Waals surface area contributed by atoms with Crippen molar-refractivity contribution in [3.63, 3.8) is 0 Å². The van der Waals surface area contributed by atoms with E-state index in [1.165, 1.54) is 6.92 Å². The van der Waals surface area contributed by atoms with Gasteiger partial charge in [0.15, 0.2) is 0 Å². The van der Waals surface area contributed by atoms with Crippen LogP contribution in [0.1, 0.15) is 33.1 Å². The highest BCUT2D eigenvalue weighted by Gasteiger charge is 2.15. The van der Waals surface area contributed by atoms with Gasteiger partial charge in [0.2, 0.25) is 0 Å². The molecule has 1 atom stereocenters. The molecule has 4 nitrogen and oxygen atoms in total. The molecule has 1 N–H and O–H groups in total.